The van der Waals surface area contributed by atoms with Crippen molar-refractivity contribution < 1.29 is 78.5 Å². The molecule has 0 atom stereocenters. The topological polar surface area (TPSA) is 265 Å². The molecule has 0 fully saturated rings. The summed E-state index contributed by atoms with van der Waals surface area (Å²) in [5.74, 6) is 0. The summed E-state index contributed by atoms with van der Waals surface area (Å²) in [5.41, 5.74) is 0. The van der Waals surface area contributed by atoms with Crippen LogP contribution in [0.15, 0.2) is 0 Å². The van der Waals surface area contributed by atoms with E-state index >= 15 is 0 Å². The van der Waals surface area contributed by atoms with Crippen molar-refractivity contribution in [1.82, 2.24) is 0 Å². The summed E-state index contributed by atoms with van der Waals surface area (Å²) in [4.78, 5) is 33.0. The van der Waals surface area contributed by atoms with Crippen molar-refractivity contribution >= 4 is 8.41 Å². The number of rotatable bonds is 0. The van der Waals surface area contributed by atoms with Crippen molar-refractivity contribution in [2.45, 2.75) is 0 Å². The Kier molecular flexibility index (Phi) is 59.2. The molecule has 0 saturated heterocycles. The molecule has 0 spiro atoms. The van der Waals surface area contributed by atoms with Crippen LogP contribution >= 0.6 is 0 Å². The normalized spacial score (nSPS) is 5.33. The van der Waals surface area contributed by atoms with Gasteiger partial charge in [-0.25, -0.2) is 0 Å². The summed E-state index contributed by atoms with van der Waals surface area (Å²) < 4.78 is 0. The zero-order chi connectivity index (χ0) is 14.3. The summed E-state index contributed by atoms with van der Waals surface area (Å²) in [7, 11) is 0. The molecule has 0 aromatic heterocycles. The number of hydrogen-bond donors (Lipinski definition) is 0. The molecule has 18 heteroatoms. The zero-order valence-electron chi connectivity index (χ0n) is 8.27. The Morgan fingerprint density at radius 1 is 0.444 bits per heavy atom. The van der Waals surface area contributed by atoms with Crippen LogP contribution in [-0.2, 0) is 0 Å². The molecular formula is BN4O12Rb. The zero-order valence-corrected chi connectivity index (χ0v) is 13.2. The molecule has 0 aromatic rings. The van der Waals surface area contributed by atoms with Gasteiger partial charge < -0.3 is 61.3 Å². The molecule has 0 aliphatic rings. The maximum atomic E-state index is 8.25. The van der Waals surface area contributed by atoms with Gasteiger partial charge in [-0.3, -0.25) is 0 Å². The van der Waals surface area contributed by atoms with Gasteiger partial charge in [-0.1, -0.05) is 0 Å². The van der Waals surface area contributed by atoms with Crippen molar-refractivity contribution in [1.29, 1.82) is 0 Å². The van der Waals surface area contributed by atoms with Crippen LogP contribution in [-0.4, -0.2) is 28.8 Å². The standard InChI is InChI=1S/B.4NO3.Rb/c;4*2-1(3)4;/q+3;4*-1;+1. The maximum Gasteiger partial charge on any atom is 3.00 e. The third-order valence-electron chi connectivity index (χ3n) is 0. The van der Waals surface area contributed by atoms with Crippen molar-refractivity contribution in [2.24, 2.45) is 0 Å². The largest absolute Gasteiger partial charge is 3.00 e. The predicted octanol–water partition coefficient (Wildman–Crippen LogP) is -4.33. The van der Waals surface area contributed by atoms with Gasteiger partial charge in [-0.2, -0.15) is 0 Å². The second-order valence-electron chi connectivity index (χ2n) is 0.894. The summed E-state index contributed by atoms with van der Waals surface area (Å²) in [6.45, 7) is 0. The van der Waals surface area contributed by atoms with E-state index in [1.807, 2.05) is 0 Å². The Balaban J connectivity index is -0.0000000257. The second kappa shape index (κ2) is 29.6. The fourth-order valence-corrected chi connectivity index (χ4v) is 0. The molecule has 0 bridgehead atoms. The van der Waals surface area contributed by atoms with E-state index in [0.29, 0.717) is 0 Å². The van der Waals surface area contributed by atoms with E-state index in [9.17, 15) is 0 Å². The molecule has 0 N–H and O–H groups in total. The first-order valence-electron chi connectivity index (χ1n) is 2.19. The Bertz CT molecular complexity index is 164. The predicted molar refractivity (Wildman–Crippen MR) is 47.2 cm³/mol. The van der Waals surface area contributed by atoms with Crippen LogP contribution in [0.4, 0.5) is 0 Å². The fraction of sp³-hybridized carbons (Fsp3) is 0. The molecule has 96 valence electrons. The average molecular weight is 344 g/mol. The molecule has 0 radical (unpaired) electrons. The van der Waals surface area contributed by atoms with Crippen LogP contribution in [0.25, 0.3) is 0 Å². The molecule has 18 heavy (non-hydrogen) atoms. The molecule has 16 nitrogen and oxygen atoms in total. The van der Waals surface area contributed by atoms with Gasteiger partial charge in [0.1, 0.15) is 0 Å². The van der Waals surface area contributed by atoms with E-state index in [1.54, 1.807) is 0 Å². The SMILES string of the molecule is O=[N+]([O-])[O-].O=[N+]([O-])[O-].O=[N+]([O-])[O-].O=[N+]([O-])[O-].[B+3].[Rb+]. The Morgan fingerprint density at radius 3 is 0.444 bits per heavy atom. The van der Waals surface area contributed by atoms with Gasteiger partial charge in [-0.05, 0) is 0 Å². The van der Waals surface area contributed by atoms with Crippen molar-refractivity contribution in [3.8, 4) is 0 Å². The first kappa shape index (κ1) is 36.0. The molecule has 0 amide bonds. The Morgan fingerprint density at radius 2 is 0.444 bits per heavy atom. The Labute approximate surface area is 147 Å². The van der Waals surface area contributed by atoms with Crippen molar-refractivity contribution in [3.05, 3.63) is 61.3 Å². The van der Waals surface area contributed by atoms with Gasteiger partial charge >= 0.3 is 66.6 Å². The average Bonchev–Trinajstić information content (AvgIpc) is 1.76. The maximum absolute atomic E-state index is 8.25. The van der Waals surface area contributed by atoms with E-state index in [2.05, 4.69) is 0 Å². The van der Waals surface area contributed by atoms with E-state index in [4.69, 9.17) is 61.3 Å². The van der Waals surface area contributed by atoms with Crippen LogP contribution in [0.5, 0.6) is 0 Å². The summed E-state index contributed by atoms with van der Waals surface area (Å²) in [5, 5.41) is 59.0. The monoisotopic (exact) mass is 344 g/mol. The molecule has 0 rings (SSSR count). The second-order valence-corrected chi connectivity index (χ2v) is 0.894. The van der Waals surface area contributed by atoms with Crippen LogP contribution in [0, 0.1) is 61.3 Å². The van der Waals surface area contributed by atoms with E-state index in [-0.39, 0.29) is 66.6 Å². The van der Waals surface area contributed by atoms with Gasteiger partial charge in [0.05, 0.1) is 20.3 Å². The molecule has 0 aliphatic carbocycles. The first-order chi connectivity index (χ1) is 6.93. The summed E-state index contributed by atoms with van der Waals surface area (Å²) in [6.07, 6.45) is 0. The summed E-state index contributed by atoms with van der Waals surface area (Å²) in [6, 6.07) is 0. The third-order valence-corrected chi connectivity index (χ3v) is 0. The molecule has 0 aromatic carbocycles. The minimum Gasteiger partial charge on any atom is -0.356 e. The van der Waals surface area contributed by atoms with Gasteiger partial charge in [0.2, 0.25) is 0 Å². The van der Waals surface area contributed by atoms with E-state index in [1.165, 1.54) is 0 Å². The summed E-state index contributed by atoms with van der Waals surface area (Å²) >= 11 is 0. The van der Waals surface area contributed by atoms with Gasteiger partial charge in [-0.15, -0.1) is 0 Å². The minimum atomic E-state index is -1.75. The quantitative estimate of drug-likeness (QED) is 0.229. The fourth-order valence-electron chi connectivity index (χ4n) is 0. The molecule has 0 unspecified atom stereocenters. The van der Waals surface area contributed by atoms with Crippen LogP contribution in [0.3, 0.4) is 0 Å². The van der Waals surface area contributed by atoms with E-state index in [0.717, 1.165) is 0 Å². The minimum absolute atomic E-state index is 0. The number of hydrogen-bond acceptors (Lipinski definition) is 12. The smallest absolute Gasteiger partial charge is 0.356 e. The van der Waals surface area contributed by atoms with E-state index < -0.39 is 20.3 Å². The van der Waals surface area contributed by atoms with Crippen molar-refractivity contribution in [3.63, 3.8) is 0 Å². The Hall–Kier alpha value is -1.33. The van der Waals surface area contributed by atoms with Crippen molar-refractivity contribution in [2.75, 3.05) is 0 Å². The number of nitrogens with zero attached hydrogens (tertiary/aromatic N) is 4. The van der Waals surface area contributed by atoms with Gasteiger partial charge in [0, 0.05) is 0 Å². The van der Waals surface area contributed by atoms with Gasteiger partial charge in [0.15, 0.2) is 0 Å². The molecule has 0 aliphatic heterocycles. The van der Waals surface area contributed by atoms with Crippen LogP contribution < -0.4 is 58.2 Å². The molecule has 0 saturated carbocycles. The molecular weight excluding hydrogens is 344 g/mol. The van der Waals surface area contributed by atoms with Crippen LogP contribution in [0.1, 0.15) is 0 Å². The van der Waals surface area contributed by atoms with Gasteiger partial charge in [0.25, 0.3) is 0 Å². The first-order valence-corrected chi connectivity index (χ1v) is 2.19. The third kappa shape index (κ3) is 1550. The van der Waals surface area contributed by atoms with Crippen LogP contribution in [0.2, 0.25) is 0 Å². The molecule has 0 heterocycles.